The third-order valence-corrected chi connectivity index (χ3v) is 3.43. The lowest BCUT2D eigenvalue weighted by atomic mass is 10.2. The Morgan fingerprint density at radius 1 is 1.61 bits per heavy atom. The van der Waals surface area contributed by atoms with Gasteiger partial charge >= 0.3 is 0 Å². The van der Waals surface area contributed by atoms with Crippen LogP contribution in [-0.4, -0.2) is 21.7 Å². The number of hydrogen-bond acceptors (Lipinski definition) is 3. The third kappa shape index (κ3) is 4.00. The van der Waals surface area contributed by atoms with Crippen LogP contribution < -0.4 is 5.32 Å². The van der Waals surface area contributed by atoms with Crippen molar-refractivity contribution in [1.29, 1.82) is 0 Å². The van der Waals surface area contributed by atoms with Crippen molar-refractivity contribution in [2.75, 3.05) is 0 Å². The summed E-state index contributed by atoms with van der Waals surface area (Å²) < 4.78 is 1.88. The van der Waals surface area contributed by atoms with E-state index in [-0.39, 0.29) is 11.9 Å². The summed E-state index contributed by atoms with van der Waals surface area (Å²) in [5.74, 6) is 0.0846. The molecule has 0 fully saturated rings. The zero-order chi connectivity index (χ0) is 12.8. The molecular formula is C13H17N3OS. The van der Waals surface area contributed by atoms with Gasteiger partial charge in [0.15, 0.2) is 0 Å². The summed E-state index contributed by atoms with van der Waals surface area (Å²) in [7, 11) is 0. The van der Waals surface area contributed by atoms with Crippen LogP contribution in [-0.2, 0) is 17.8 Å². The molecular weight excluding hydrogens is 246 g/mol. The summed E-state index contributed by atoms with van der Waals surface area (Å²) in [5, 5.41) is 11.1. The van der Waals surface area contributed by atoms with Crippen molar-refractivity contribution in [3.63, 3.8) is 0 Å². The Morgan fingerprint density at radius 3 is 3.17 bits per heavy atom. The highest BCUT2D eigenvalue weighted by Gasteiger charge is 2.08. The zero-order valence-corrected chi connectivity index (χ0v) is 11.2. The van der Waals surface area contributed by atoms with E-state index in [0.29, 0.717) is 6.42 Å². The number of nitrogens with zero attached hydrogens (tertiary/aromatic N) is 2. The van der Waals surface area contributed by atoms with Crippen LogP contribution in [0.1, 0.15) is 18.9 Å². The van der Waals surface area contributed by atoms with Crippen molar-refractivity contribution in [1.82, 2.24) is 15.1 Å². The molecule has 0 bridgehead atoms. The zero-order valence-electron chi connectivity index (χ0n) is 10.4. The number of thiophene rings is 1. The minimum absolute atomic E-state index is 0.0846. The Hall–Kier alpha value is -1.62. The number of nitrogens with one attached hydrogen (secondary N) is 1. The molecule has 2 aromatic heterocycles. The van der Waals surface area contributed by atoms with Crippen molar-refractivity contribution < 1.29 is 4.79 Å². The molecule has 0 radical (unpaired) electrons. The number of carbonyl (C=O) groups excluding carboxylic acids is 1. The van der Waals surface area contributed by atoms with E-state index in [0.717, 1.165) is 18.5 Å². The second kappa shape index (κ2) is 6.35. The smallest absolute Gasteiger partial charge is 0.224 e. The summed E-state index contributed by atoms with van der Waals surface area (Å²) in [4.78, 5) is 11.8. The van der Waals surface area contributed by atoms with E-state index in [1.807, 2.05) is 40.7 Å². The Labute approximate surface area is 111 Å². The summed E-state index contributed by atoms with van der Waals surface area (Å²) in [5.41, 5.74) is 1.08. The van der Waals surface area contributed by atoms with Gasteiger partial charge in [-0.1, -0.05) is 0 Å². The number of rotatable bonds is 6. The van der Waals surface area contributed by atoms with Crippen LogP contribution in [0, 0.1) is 0 Å². The lowest BCUT2D eigenvalue weighted by Crippen LogP contribution is -2.34. The standard InChI is InChI=1S/C13H17N3OS/c1-11(3-7-16-6-2-5-14-16)15-13(17)9-12-4-8-18-10-12/h2,4-6,8,10-11H,3,7,9H2,1H3,(H,15,17)/t11-/m0/s1. The molecule has 4 nitrogen and oxygen atoms in total. The summed E-state index contributed by atoms with van der Waals surface area (Å²) in [6, 6.07) is 4.05. The molecule has 0 aliphatic carbocycles. The maximum atomic E-state index is 11.8. The van der Waals surface area contributed by atoms with E-state index in [4.69, 9.17) is 0 Å². The van der Waals surface area contributed by atoms with E-state index in [1.54, 1.807) is 17.5 Å². The van der Waals surface area contributed by atoms with Gasteiger partial charge in [-0.15, -0.1) is 0 Å². The summed E-state index contributed by atoms with van der Waals surface area (Å²) in [6.45, 7) is 2.85. The van der Waals surface area contributed by atoms with Crippen molar-refractivity contribution in [3.05, 3.63) is 40.8 Å². The quantitative estimate of drug-likeness (QED) is 0.867. The summed E-state index contributed by atoms with van der Waals surface area (Å²) >= 11 is 1.62. The van der Waals surface area contributed by atoms with Gasteiger partial charge in [0.2, 0.25) is 5.91 Å². The third-order valence-electron chi connectivity index (χ3n) is 2.70. The molecule has 0 aliphatic heterocycles. The van der Waals surface area contributed by atoms with Crippen LogP contribution in [0.15, 0.2) is 35.3 Å². The highest BCUT2D eigenvalue weighted by Crippen LogP contribution is 2.06. The fourth-order valence-electron chi connectivity index (χ4n) is 1.74. The first-order chi connectivity index (χ1) is 8.74. The molecule has 1 N–H and O–H groups in total. The van der Waals surface area contributed by atoms with Crippen LogP contribution in [0.2, 0.25) is 0 Å². The number of carbonyl (C=O) groups is 1. The summed E-state index contributed by atoms with van der Waals surface area (Å²) in [6.07, 6.45) is 5.05. The SMILES string of the molecule is C[C@@H](CCn1cccn1)NC(=O)Cc1ccsc1. The number of hydrogen-bond donors (Lipinski definition) is 1. The second-order valence-electron chi connectivity index (χ2n) is 4.33. The Morgan fingerprint density at radius 2 is 2.50 bits per heavy atom. The van der Waals surface area contributed by atoms with Crippen LogP contribution in [0.25, 0.3) is 0 Å². The topological polar surface area (TPSA) is 46.9 Å². The van der Waals surface area contributed by atoms with Gasteiger partial charge in [0.25, 0.3) is 0 Å². The second-order valence-corrected chi connectivity index (χ2v) is 5.11. The normalized spacial score (nSPS) is 12.3. The first kappa shape index (κ1) is 12.8. The van der Waals surface area contributed by atoms with Crippen LogP contribution >= 0.6 is 11.3 Å². The fourth-order valence-corrected chi connectivity index (χ4v) is 2.40. The predicted molar refractivity (Wildman–Crippen MR) is 72.5 cm³/mol. The van der Waals surface area contributed by atoms with Gasteiger partial charge in [-0.05, 0) is 41.8 Å². The molecule has 0 saturated carbocycles. The van der Waals surface area contributed by atoms with Crippen molar-refractivity contribution in [2.45, 2.75) is 32.4 Å². The molecule has 5 heteroatoms. The Balaban J connectivity index is 1.70. The van der Waals surface area contributed by atoms with Gasteiger partial charge in [0.05, 0.1) is 6.42 Å². The molecule has 2 heterocycles. The van der Waals surface area contributed by atoms with Gasteiger partial charge in [0, 0.05) is 25.0 Å². The van der Waals surface area contributed by atoms with Crippen molar-refractivity contribution in [3.8, 4) is 0 Å². The van der Waals surface area contributed by atoms with Crippen molar-refractivity contribution in [2.24, 2.45) is 0 Å². The minimum atomic E-state index is 0.0846. The highest BCUT2D eigenvalue weighted by atomic mass is 32.1. The van der Waals surface area contributed by atoms with E-state index < -0.39 is 0 Å². The maximum Gasteiger partial charge on any atom is 0.224 e. The largest absolute Gasteiger partial charge is 0.353 e. The molecule has 18 heavy (non-hydrogen) atoms. The highest BCUT2D eigenvalue weighted by molar-refractivity contribution is 7.07. The van der Waals surface area contributed by atoms with E-state index in [1.165, 1.54) is 0 Å². The predicted octanol–water partition coefficient (Wildman–Crippen LogP) is 2.08. The Bertz CT molecular complexity index is 464. The number of aryl methyl sites for hydroxylation is 1. The molecule has 2 rings (SSSR count). The van der Waals surface area contributed by atoms with Gasteiger partial charge in [-0.3, -0.25) is 9.48 Å². The molecule has 2 aromatic rings. The lowest BCUT2D eigenvalue weighted by molar-refractivity contribution is -0.121. The van der Waals surface area contributed by atoms with E-state index >= 15 is 0 Å². The first-order valence-electron chi connectivity index (χ1n) is 6.02. The fraction of sp³-hybridized carbons (Fsp3) is 0.385. The molecule has 0 saturated heterocycles. The lowest BCUT2D eigenvalue weighted by Gasteiger charge is -2.13. The van der Waals surface area contributed by atoms with Gasteiger partial charge in [-0.2, -0.15) is 16.4 Å². The monoisotopic (exact) mass is 263 g/mol. The van der Waals surface area contributed by atoms with E-state index in [9.17, 15) is 4.79 Å². The minimum Gasteiger partial charge on any atom is -0.353 e. The van der Waals surface area contributed by atoms with Crippen LogP contribution in [0.3, 0.4) is 0 Å². The van der Waals surface area contributed by atoms with Gasteiger partial charge in [0.1, 0.15) is 0 Å². The maximum absolute atomic E-state index is 11.8. The Kier molecular flexibility index (Phi) is 4.52. The number of amides is 1. The molecule has 1 amide bonds. The van der Waals surface area contributed by atoms with Gasteiger partial charge < -0.3 is 5.32 Å². The molecule has 96 valence electrons. The molecule has 0 aromatic carbocycles. The van der Waals surface area contributed by atoms with Crippen molar-refractivity contribution >= 4 is 17.2 Å². The number of aromatic nitrogens is 2. The molecule has 0 aliphatic rings. The molecule has 0 spiro atoms. The van der Waals surface area contributed by atoms with E-state index in [2.05, 4.69) is 10.4 Å². The van der Waals surface area contributed by atoms with Crippen LogP contribution in [0.5, 0.6) is 0 Å². The average molecular weight is 263 g/mol. The average Bonchev–Trinajstić information content (AvgIpc) is 2.98. The molecule has 0 unspecified atom stereocenters. The van der Waals surface area contributed by atoms with Gasteiger partial charge in [-0.25, -0.2) is 0 Å². The first-order valence-corrected chi connectivity index (χ1v) is 6.96. The molecule has 1 atom stereocenters. The van der Waals surface area contributed by atoms with Crippen LogP contribution in [0.4, 0.5) is 0 Å².